The summed E-state index contributed by atoms with van der Waals surface area (Å²) < 4.78 is 2.11. The van der Waals surface area contributed by atoms with Crippen LogP contribution in [0.3, 0.4) is 0 Å². The molecule has 0 saturated heterocycles. The lowest BCUT2D eigenvalue weighted by Gasteiger charge is -2.24. The van der Waals surface area contributed by atoms with Gasteiger partial charge in [0, 0.05) is 0 Å². The van der Waals surface area contributed by atoms with Gasteiger partial charge in [-0.15, -0.1) is 22.7 Å². The number of benzene rings is 3. The monoisotopic (exact) mass is 388 g/mol. The largest absolute Gasteiger partial charge is 0.372 e. The molecule has 0 unspecified atom stereocenters. The Kier molecular flexibility index (Phi) is 3.82. The van der Waals surface area contributed by atoms with Crippen LogP contribution in [-0.2, 0) is 5.60 Å². The fourth-order valence-corrected chi connectivity index (χ4v) is 5.49. The molecule has 0 fully saturated rings. The van der Waals surface area contributed by atoms with Crippen molar-refractivity contribution in [2.75, 3.05) is 0 Å². The van der Waals surface area contributed by atoms with Crippen LogP contribution < -0.4 is 0 Å². The van der Waals surface area contributed by atoms with Crippen molar-refractivity contribution in [3.63, 3.8) is 0 Å². The molecule has 27 heavy (non-hydrogen) atoms. The molecule has 5 aromatic rings. The zero-order valence-electron chi connectivity index (χ0n) is 14.6. The van der Waals surface area contributed by atoms with E-state index in [1.54, 1.807) is 0 Å². The van der Waals surface area contributed by atoms with Crippen LogP contribution in [0, 0.1) is 6.92 Å². The second kappa shape index (κ2) is 6.23. The summed E-state index contributed by atoms with van der Waals surface area (Å²) >= 11 is 3.03. The van der Waals surface area contributed by atoms with E-state index in [1.165, 1.54) is 22.7 Å². The number of fused-ring (bicyclic) bond motifs is 2. The maximum atomic E-state index is 12.0. The van der Waals surface area contributed by atoms with Crippen molar-refractivity contribution in [1.82, 2.24) is 9.97 Å². The third-order valence-corrected chi connectivity index (χ3v) is 6.93. The van der Waals surface area contributed by atoms with Crippen molar-refractivity contribution in [3.8, 4) is 0 Å². The van der Waals surface area contributed by atoms with Gasteiger partial charge >= 0.3 is 0 Å². The Bertz CT molecular complexity index is 1130. The molecular weight excluding hydrogens is 372 g/mol. The molecule has 0 radical (unpaired) electrons. The molecule has 0 bridgehead atoms. The van der Waals surface area contributed by atoms with Crippen LogP contribution in [0.25, 0.3) is 20.4 Å². The number of hydrogen-bond acceptors (Lipinski definition) is 5. The van der Waals surface area contributed by atoms with Gasteiger partial charge < -0.3 is 5.11 Å². The van der Waals surface area contributed by atoms with Crippen molar-refractivity contribution in [2.24, 2.45) is 0 Å². The Hall–Kier alpha value is -2.60. The van der Waals surface area contributed by atoms with Crippen LogP contribution in [0.1, 0.15) is 21.1 Å². The summed E-state index contributed by atoms with van der Waals surface area (Å²) in [6, 6.07) is 23.9. The minimum absolute atomic E-state index is 0.647. The van der Waals surface area contributed by atoms with Crippen LogP contribution >= 0.6 is 22.7 Å². The number of para-hydroxylation sites is 2. The Morgan fingerprint density at radius 3 is 1.81 bits per heavy atom. The second-order valence-electron chi connectivity index (χ2n) is 6.55. The number of thiazole rings is 2. The summed E-state index contributed by atoms with van der Waals surface area (Å²) in [6.45, 7) is 2.03. The fourth-order valence-electron chi connectivity index (χ4n) is 3.26. The van der Waals surface area contributed by atoms with E-state index in [2.05, 4.69) is 0 Å². The minimum Gasteiger partial charge on any atom is -0.372 e. The van der Waals surface area contributed by atoms with Crippen LogP contribution in [0.4, 0.5) is 0 Å². The molecule has 3 nitrogen and oxygen atoms in total. The molecule has 0 spiro atoms. The van der Waals surface area contributed by atoms with Gasteiger partial charge in [-0.05, 0) is 36.8 Å². The summed E-state index contributed by atoms with van der Waals surface area (Å²) in [4.78, 5) is 9.55. The molecule has 5 rings (SSSR count). The van der Waals surface area contributed by atoms with E-state index < -0.39 is 5.60 Å². The lowest BCUT2D eigenvalue weighted by Crippen LogP contribution is -2.28. The molecule has 132 valence electrons. The summed E-state index contributed by atoms with van der Waals surface area (Å²) in [5.74, 6) is 0. The molecule has 2 heterocycles. The minimum atomic E-state index is -1.38. The van der Waals surface area contributed by atoms with Crippen molar-refractivity contribution in [2.45, 2.75) is 12.5 Å². The SMILES string of the molecule is Cc1cccc(C(O)(c2nc3ccccc3s2)c2nc3ccccc3s2)c1. The van der Waals surface area contributed by atoms with Gasteiger partial charge in [-0.1, -0.05) is 54.1 Å². The molecule has 0 aliphatic rings. The number of aliphatic hydroxyl groups is 1. The topological polar surface area (TPSA) is 46.0 Å². The standard InChI is InChI=1S/C22H16N2OS2/c1-14-7-6-8-15(13-14)22(25,20-23-16-9-2-4-11-18(16)26-20)21-24-17-10-3-5-12-19(17)27-21/h2-13,25H,1H3. The van der Waals surface area contributed by atoms with Gasteiger partial charge in [0.05, 0.1) is 20.4 Å². The van der Waals surface area contributed by atoms with Crippen molar-refractivity contribution in [1.29, 1.82) is 0 Å². The Balaban J connectivity index is 1.81. The van der Waals surface area contributed by atoms with Crippen LogP contribution in [0.2, 0.25) is 0 Å². The Labute approximate surface area is 164 Å². The van der Waals surface area contributed by atoms with E-state index in [0.29, 0.717) is 10.0 Å². The average Bonchev–Trinajstić information content (AvgIpc) is 3.31. The predicted molar refractivity (Wildman–Crippen MR) is 113 cm³/mol. The molecule has 0 amide bonds. The van der Waals surface area contributed by atoms with Gasteiger partial charge in [0.15, 0.2) is 5.60 Å². The van der Waals surface area contributed by atoms with E-state index in [-0.39, 0.29) is 0 Å². The number of aryl methyl sites for hydroxylation is 1. The van der Waals surface area contributed by atoms with Gasteiger partial charge in [-0.3, -0.25) is 0 Å². The molecule has 0 atom stereocenters. The summed E-state index contributed by atoms with van der Waals surface area (Å²) in [5.41, 5.74) is 2.29. The first-order valence-electron chi connectivity index (χ1n) is 8.66. The molecule has 2 aromatic heterocycles. The van der Waals surface area contributed by atoms with Crippen LogP contribution in [0.5, 0.6) is 0 Å². The first-order chi connectivity index (χ1) is 13.1. The third kappa shape index (κ3) is 2.67. The smallest absolute Gasteiger partial charge is 0.193 e. The van der Waals surface area contributed by atoms with Crippen LogP contribution in [0.15, 0.2) is 72.8 Å². The average molecular weight is 389 g/mol. The number of hydrogen-bond donors (Lipinski definition) is 1. The second-order valence-corrected chi connectivity index (χ2v) is 8.61. The maximum Gasteiger partial charge on any atom is 0.193 e. The first-order valence-corrected chi connectivity index (χ1v) is 10.3. The molecule has 0 aliphatic heterocycles. The molecule has 3 aromatic carbocycles. The molecule has 0 aliphatic carbocycles. The molecule has 5 heteroatoms. The summed E-state index contributed by atoms with van der Waals surface area (Å²) in [6.07, 6.45) is 0. The lowest BCUT2D eigenvalue weighted by molar-refractivity contribution is 0.125. The van der Waals surface area contributed by atoms with E-state index >= 15 is 0 Å². The Morgan fingerprint density at radius 1 is 0.741 bits per heavy atom. The highest BCUT2D eigenvalue weighted by atomic mass is 32.1. The summed E-state index contributed by atoms with van der Waals surface area (Å²) in [7, 11) is 0. The van der Waals surface area contributed by atoms with Crippen molar-refractivity contribution < 1.29 is 5.11 Å². The highest BCUT2D eigenvalue weighted by molar-refractivity contribution is 7.20. The van der Waals surface area contributed by atoms with Crippen molar-refractivity contribution >= 4 is 43.1 Å². The highest BCUT2D eigenvalue weighted by Gasteiger charge is 2.40. The highest BCUT2D eigenvalue weighted by Crippen LogP contribution is 2.43. The molecule has 1 N–H and O–H groups in total. The van der Waals surface area contributed by atoms with Gasteiger partial charge in [0.25, 0.3) is 0 Å². The quantitative estimate of drug-likeness (QED) is 0.444. The normalized spacial score (nSPS) is 12.1. The number of nitrogens with zero attached hydrogens (tertiary/aromatic N) is 2. The van der Waals surface area contributed by atoms with E-state index in [1.807, 2.05) is 79.7 Å². The van der Waals surface area contributed by atoms with E-state index in [4.69, 9.17) is 9.97 Å². The fraction of sp³-hybridized carbons (Fsp3) is 0.0909. The lowest BCUT2D eigenvalue weighted by atomic mass is 9.93. The molecule has 0 saturated carbocycles. The zero-order chi connectivity index (χ0) is 18.4. The zero-order valence-corrected chi connectivity index (χ0v) is 16.2. The third-order valence-electron chi connectivity index (χ3n) is 4.64. The Morgan fingerprint density at radius 2 is 1.30 bits per heavy atom. The first kappa shape index (κ1) is 16.6. The van der Waals surface area contributed by atoms with Gasteiger partial charge in [0.1, 0.15) is 10.0 Å². The van der Waals surface area contributed by atoms with Gasteiger partial charge in [0.2, 0.25) is 0 Å². The van der Waals surface area contributed by atoms with Gasteiger partial charge in [-0.2, -0.15) is 0 Å². The predicted octanol–water partition coefficient (Wildman–Crippen LogP) is 5.50. The van der Waals surface area contributed by atoms with Gasteiger partial charge in [-0.25, -0.2) is 9.97 Å². The molecular formula is C22H16N2OS2. The van der Waals surface area contributed by atoms with E-state index in [0.717, 1.165) is 31.6 Å². The summed E-state index contributed by atoms with van der Waals surface area (Å²) in [5, 5.41) is 13.3. The number of aromatic nitrogens is 2. The van der Waals surface area contributed by atoms with Crippen molar-refractivity contribution in [3.05, 3.63) is 93.9 Å². The van der Waals surface area contributed by atoms with Crippen LogP contribution in [-0.4, -0.2) is 15.1 Å². The van der Waals surface area contributed by atoms with E-state index in [9.17, 15) is 5.11 Å². The number of rotatable bonds is 3. The maximum absolute atomic E-state index is 12.0.